The molecule has 0 amide bonds. The molecule has 0 aliphatic rings. The van der Waals surface area contributed by atoms with E-state index in [0.717, 1.165) is 50.7 Å². The molecule has 158 valence electrons. The molecule has 31 heavy (non-hydrogen) atoms. The minimum atomic E-state index is -3.36. The second-order valence-electron chi connectivity index (χ2n) is 7.41. The van der Waals surface area contributed by atoms with E-state index in [1.165, 1.54) is 0 Å². The van der Waals surface area contributed by atoms with Crippen LogP contribution in [0.2, 0.25) is 0 Å². The van der Waals surface area contributed by atoms with Crippen molar-refractivity contribution in [3.8, 4) is 17.2 Å². The van der Waals surface area contributed by atoms with Crippen LogP contribution < -0.4 is 8.44 Å². The first-order chi connectivity index (χ1) is 14.8. The van der Waals surface area contributed by atoms with Gasteiger partial charge < -0.3 is 0 Å². The van der Waals surface area contributed by atoms with Gasteiger partial charge in [0.1, 0.15) is 0 Å². The van der Waals surface area contributed by atoms with Crippen LogP contribution in [-0.4, -0.2) is 23.1 Å². The molecular formula is C27H27BiO3. The Morgan fingerprint density at radius 1 is 0.484 bits per heavy atom. The Hall–Kier alpha value is -2.84. The van der Waals surface area contributed by atoms with Gasteiger partial charge in [0.05, 0.1) is 0 Å². The van der Waals surface area contributed by atoms with Gasteiger partial charge >= 0.3 is 195 Å². The Bertz CT molecular complexity index is 924. The van der Waals surface area contributed by atoms with Crippen LogP contribution in [0.3, 0.4) is 0 Å². The molecule has 3 rings (SSSR count). The van der Waals surface area contributed by atoms with Crippen molar-refractivity contribution in [3.05, 3.63) is 109 Å². The summed E-state index contributed by atoms with van der Waals surface area (Å²) in [6.07, 6.45) is 0. The maximum absolute atomic E-state index is 6.21. The van der Waals surface area contributed by atoms with Crippen LogP contribution in [0.4, 0.5) is 0 Å². The SMILES string of the molecule is C=C(C)c1ccc([O][Bi]([O]c2ccc(C(=C)C)cc2)[O]c2ccc(C(=C)C)cc2)cc1. The van der Waals surface area contributed by atoms with Gasteiger partial charge in [-0.3, -0.25) is 0 Å². The van der Waals surface area contributed by atoms with Gasteiger partial charge in [-0.1, -0.05) is 0 Å². The van der Waals surface area contributed by atoms with E-state index in [1.807, 2.05) is 93.6 Å². The van der Waals surface area contributed by atoms with Gasteiger partial charge in [-0.25, -0.2) is 0 Å². The first-order valence-electron chi connectivity index (χ1n) is 9.93. The molecule has 3 aromatic carbocycles. The summed E-state index contributed by atoms with van der Waals surface area (Å²) in [4.78, 5) is 0. The predicted octanol–water partition coefficient (Wildman–Crippen LogP) is 7.31. The summed E-state index contributed by atoms with van der Waals surface area (Å²) < 4.78 is 18.6. The summed E-state index contributed by atoms with van der Waals surface area (Å²) in [5.74, 6) is 2.17. The predicted molar refractivity (Wildman–Crippen MR) is 131 cm³/mol. The molecule has 0 radical (unpaired) electrons. The summed E-state index contributed by atoms with van der Waals surface area (Å²) >= 11 is -3.36. The number of hydrogen-bond acceptors (Lipinski definition) is 3. The van der Waals surface area contributed by atoms with E-state index >= 15 is 0 Å². The standard InChI is InChI=1S/3C9H10O.Bi/c3*1-7(2)8-3-5-9(10)6-4-8;/h3*3-6,10H,1H2,2H3;/q;;;+3/p-3. The first-order valence-corrected chi connectivity index (χ1v) is 14.2. The van der Waals surface area contributed by atoms with Crippen molar-refractivity contribution in [2.75, 3.05) is 0 Å². The fourth-order valence-electron chi connectivity index (χ4n) is 2.72. The molecule has 3 aromatic rings. The summed E-state index contributed by atoms with van der Waals surface area (Å²) in [5, 5.41) is 0. The second-order valence-corrected chi connectivity index (χ2v) is 11.3. The molecule has 4 heteroatoms. The zero-order valence-corrected chi connectivity index (χ0v) is 21.7. The fourth-order valence-corrected chi connectivity index (χ4v) is 6.58. The van der Waals surface area contributed by atoms with Gasteiger partial charge in [0.2, 0.25) is 0 Å². The van der Waals surface area contributed by atoms with Crippen LogP contribution >= 0.6 is 0 Å². The van der Waals surface area contributed by atoms with Gasteiger partial charge in [0.25, 0.3) is 0 Å². The van der Waals surface area contributed by atoms with Crippen LogP contribution in [0, 0.1) is 0 Å². The van der Waals surface area contributed by atoms with Crippen LogP contribution in [0.5, 0.6) is 17.2 Å². The van der Waals surface area contributed by atoms with Gasteiger partial charge in [0.15, 0.2) is 0 Å². The Kier molecular flexibility index (Phi) is 7.71. The molecule has 0 aliphatic carbocycles. The van der Waals surface area contributed by atoms with Crippen molar-refractivity contribution >= 4 is 39.8 Å². The molecule has 0 heterocycles. The molecule has 0 fully saturated rings. The van der Waals surface area contributed by atoms with E-state index in [2.05, 4.69) is 19.7 Å². The molecular weight excluding hydrogens is 581 g/mol. The zero-order valence-electron chi connectivity index (χ0n) is 18.2. The summed E-state index contributed by atoms with van der Waals surface area (Å²) in [5.41, 5.74) is 6.25. The van der Waals surface area contributed by atoms with E-state index in [-0.39, 0.29) is 0 Å². The van der Waals surface area contributed by atoms with E-state index < -0.39 is 23.1 Å². The molecule has 0 aliphatic heterocycles. The van der Waals surface area contributed by atoms with Gasteiger partial charge in [0, 0.05) is 0 Å². The van der Waals surface area contributed by atoms with Crippen LogP contribution in [0.15, 0.2) is 92.5 Å². The Morgan fingerprint density at radius 2 is 0.710 bits per heavy atom. The quantitative estimate of drug-likeness (QED) is 0.239. The maximum atomic E-state index is 6.21. The van der Waals surface area contributed by atoms with Crippen LogP contribution in [0.1, 0.15) is 37.5 Å². The average molecular weight is 608 g/mol. The third-order valence-electron chi connectivity index (χ3n) is 4.58. The monoisotopic (exact) mass is 608 g/mol. The van der Waals surface area contributed by atoms with Crippen molar-refractivity contribution in [3.63, 3.8) is 0 Å². The molecule has 3 nitrogen and oxygen atoms in total. The van der Waals surface area contributed by atoms with E-state index in [9.17, 15) is 0 Å². The van der Waals surface area contributed by atoms with E-state index in [0.29, 0.717) is 0 Å². The van der Waals surface area contributed by atoms with Crippen LogP contribution in [0.25, 0.3) is 16.7 Å². The molecule has 0 atom stereocenters. The van der Waals surface area contributed by atoms with Crippen molar-refractivity contribution in [1.82, 2.24) is 0 Å². The molecule has 0 unspecified atom stereocenters. The molecule has 0 spiro atoms. The topological polar surface area (TPSA) is 27.7 Å². The first kappa shape index (κ1) is 22.8. The minimum absolute atomic E-state index is 0.722. The van der Waals surface area contributed by atoms with Crippen molar-refractivity contribution < 1.29 is 8.44 Å². The number of allylic oxidation sites excluding steroid dienone is 3. The Balaban J connectivity index is 1.80. The van der Waals surface area contributed by atoms with Gasteiger partial charge in [-0.15, -0.1) is 0 Å². The zero-order chi connectivity index (χ0) is 22.4. The van der Waals surface area contributed by atoms with Gasteiger partial charge in [-0.2, -0.15) is 0 Å². The second kappa shape index (κ2) is 10.5. The number of hydrogen-bond donors (Lipinski definition) is 0. The molecule has 0 aromatic heterocycles. The summed E-state index contributed by atoms with van der Waals surface area (Å²) in [6.45, 7) is 17.9. The Labute approximate surface area is 194 Å². The molecule has 0 saturated carbocycles. The number of rotatable bonds is 9. The molecule has 0 N–H and O–H groups in total. The van der Waals surface area contributed by atoms with Crippen molar-refractivity contribution in [2.24, 2.45) is 0 Å². The average Bonchev–Trinajstić information content (AvgIpc) is 2.75. The molecule has 0 saturated heterocycles. The third-order valence-corrected chi connectivity index (χ3v) is 8.78. The normalized spacial score (nSPS) is 10.5. The van der Waals surface area contributed by atoms with Gasteiger partial charge in [-0.05, 0) is 0 Å². The third kappa shape index (κ3) is 6.57. The fraction of sp³-hybridized carbons (Fsp3) is 0.111. The Morgan fingerprint density at radius 3 is 0.903 bits per heavy atom. The van der Waals surface area contributed by atoms with Crippen LogP contribution in [-0.2, 0) is 0 Å². The van der Waals surface area contributed by atoms with E-state index in [1.54, 1.807) is 0 Å². The summed E-state index contributed by atoms with van der Waals surface area (Å²) in [7, 11) is 0. The molecule has 0 bridgehead atoms. The van der Waals surface area contributed by atoms with E-state index in [4.69, 9.17) is 8.44 Å². The summed E-state index contributed by atoms with van der Waals surface area (Å²) in [6, 6.07) is 23.5. The van der Waals surface area contributed by atoms with Crippen molar-refractivity contribution in [2.45, 2.75) is 20.8 Å². The number of benzene rings is 3. The van der Waals surface area contributed by atoms with Crippen molar-refractivity contribution in [1.29, 1.82) is 0 Å².